The number of nitrogens with zero attached hydrogens (tertiary/aromatic N) is 4. The summed E-state index contributed by atoms with van der Waals surface area (Å²) in [6.07, 6.45) is 0. The Morgan fingerprint density at radius 2 is 1.90 bits per heavy atom. The van der Waals surface area contributed by atoms with E-state index in [4.69, 9.17) is 0 Å². The predicted octanol–water partition coefficient (Wildman–Crippen LogP) is 2.93. The van der Waals surface area contributed by atoms with Crippen molar-refractivity contribution >= 4 is 11.3 Å². The number of hydrogen-bond acceptors (Lipinski definition) is 4. The van der Waals surface area contributed by atoms with E-state index in [2.05, 4.69) is 36.0 Å². The van der Waals surface area contributed by atoms with Crippen molar-refractivity contribution in [1.82, 2.24) is 19.8 Å². The van der Waals surface area contributed by atoms with Crippen LogP contribution in [0, 0.1) is 10.1 Å². The summed E-state index contributed by atoms with van der Waals surface area (Å²) in [5, 5.41) is 18.2. The number of fused-ring (bicyclic) bond motifs is 1. The molecule has 0 saturated carbocycles. The lowest BCUT2D eigenvalue weighted by Crippen LogP contribution is -2.12. The van der Waals surface area contributed by atoms with Gasteiger partial charge in [-0.3, -0.25) is 15.2 Å². The molecule has 7 nitrogen and oxygen atoms in total. The Kier molecular flexibility index (Phi) is 2.79. The van der Waals surface area contributed by atoms with E-state index in [1.54, 1.807) is 16.8 Å². The van der Waals surface area contributed by atoms with Crippen LogP contribution in [0.3, 0.4) is 0 Å². The molecule has 2 heterocycles. The van der Waals surface area contributed by atoms with Gasteiger partial charge in [0.15, 0.2) is 11.5 Å². The van der Waals surface area contributed by atoms with Gasteiger partial charge in [0.25, 0.3) is 5.69 Å². The molecule has 0 radical (unpaired) electrons. The number of nitro groups is 1. The number of aromatic nitrogens is 4. The summed E-state index contributed by atoms with van der Waals surface area (Å²) in [4.78, 5) is 14.7. The smallest absolute Gasteiger partial charge is 0.269 e. The second kappa shape index (κ2) is 4.41. The van der Waals surface area contributed by atoms with Crippen molar-refractivity contribution in [2.75, 3.05) is 0 Å². The van der Waals surface area contributed by atoms with Crippen molar-refractivity contribution in [2.45, 2.75) is 26.2 Å². The topological polar surface area (TPSA) is 89.1 Å². The first-order valence-electron chi connectivity index (χ1n) is 6.56. The standard InChI is InChI=1S/C14H15N5O2/c1-14(2,3)11-8-12-15-13(17-18(12)16-11)9-4-6-10(7-5-9)19(20)21/h4-8,16H,1-3H3. The minimum Gasteiger partial charge on any atom is -0.280 e. The third-order valence-electron chi connectivity index (χ3n) is 3.28. The summed E-state index contributed by atoms with van der Waals surface area (Å²) in [6, 6.07) is 8.16. The van der Waals surface area contributed by atoms with Gasteiger partial charge in [-0.2, -0.15) is 4.63 Å². The van der Waals surface area contributed by atoms with Crippen LogP contribution in [-0.2, 0) is 5.41 Å². The molecule has 0 spiro atoms. The highest BCUT2D eigenvalue weighted by atomic mass is 16.6. The number of non-ortho nitro benzene ring substituents is 1. The summed E-state index contributed by atoms with van der Waals surface area (Å²) in [5.74, 6) is 0.539. The number of nitro benzene ring substituents is 1. The molecule has 0 aliphatic carbocycles. The second-order valence-electron chi connectivity index (χ2n) is 5.93. The largest absolute Gasteiger partial charge is 0.280 e. The number of H-pyrrole nitrogens is 1. The van der Waals surface area contributed by atoms with Crippen LogP contribution in [0.1, 0.15) is 26.5 Å². The fourth-order valence-electron chi connectivity index (χ4n) is 2.01. The van der Waals surface area contributed by atoms with Crippen molar-refractivity contribution in [2.24, 2.45) is 0 Å². The van der Waals surface area contributed by atoms with Crippen LogP contribution < -0.4 is 0 Å². The molecule has 3 rings (SSSR count). The van der Waals surface area contributed by atoms with Crippen LogP contribution in [0.15, 0.2) is 30.3 Å². The highest BCUT2D eigenvalue weighted by molar-refractivity contribution is 5.60. The molecular weight excluding hydrogens is 270 g/mol. The number of nitrogens with one attached hydrogen (secondary N) is 1. The molecule has 2 aromatic heterocycles. The molecule has 0 saturated heterocycles. The number of benzene rings is 1. The number of hydrogen-bond donors (Lipinski definition) is 1. The molecule has 0 aliphatic rings. The fraction of sp³-hybridized carbons (Fsp3) is 0.286. The van der Waals surface area contributed by atoms with Crippen LogP contribution in [0.5, 0.6) is 0 Å². The Hall–Kier alpha value is -2.70. The molecule has 3 aromatic rings. The van der Waals surface area contributed by atoms with E-state index < -0.39 is 4.92 Å². The van der Waals surface area contributed by atoms with Crippen LogP contribution in [0.25, 0.3) is 17.0 Å². The van der Waals surface area contributed by atoms with Gasteiger partial charge in [0.1, 0.15) is 0 Å². The van der Waals surface area contributed by atoms with Crippen LogP contribution >= 0.6 is 0 Å². The molecule has 0 unspecified atom stereocenters. The SMILES string of the molecule is CC(C)(C)c1cc2nc(-c3ccc([N+](=O)[O-])cc3)nn2[nH]1. The summed E-state index contributed by atoms with van der Waals surface area (Å²) in [6.45, 7) is 6.32. The van der Waals surface area contributed by atoms with E-state index >= 15 is 0 Å². The van der Waals surface area contributed by atoms with Crippen molar-refractivity contribution < 1.29 is 4.92 Å². The Balaban J connectivity index is 1.98. The van der Waals surface area contributed by atoms with Gasteiger partial charge in [0, 0.05) is 34.9 Å². The Labute approximate surface area is 120 Å². The summed E-state index contributed by atoms with van der Waals surface area (Å²) in [5.41, 5.74) is 2.57. The molecule has 0 fully saturated rings. The Morgan fingerprint density at radius 3 is 2.43 bits per heavy atom. The maximum absolute atomic E-state index is 10.6. The van der Waals surface area contributed by atoms with Gasteiger partial charge in [-0.05, 0) is 12.1 Å². The molecular formula is C14H15N5O2. The third kappa shape index (κ3) is 2.37. The van der Waals surface area contributed by atoms with Crippen LogP contribution in [0.4, 0.5) is 5.69 Å². The second-order valence-corrected chi connectivity index (χ2v) is 5.93. The average molecular weight is 285 g/mol. The number of rotatable bonds is 2. The van der Waals surface area contributed by atoms with E-state index in [1.165, 1.54) is 12.1 Å². The average Bonchev–Trinajstić information content (AvgIpc) is 2.96. The lowest BCUT2D eigenvalue weighted by molar-refractivity contribution is -0.384. The van der Waals surface area contributed by atoms with Gasteiger partial charge in [0.2, 0.25) is 0 Å². The molecule has 1 aromatic carbocycles. The minimum absolute atomic E-state index is 0.00407. The number of aromatic amines is 1. The van der Waals surface area contributed by atoms with E-state index in [1.807, 2.05) is 6.07 Å². The predicted molar refractivity (Wildman–Crippen MR) is 78.1 cm³/mol. The van der Waals surface area contributed by atoms with E-state index in [0.717, 1.165) is 16.9 Å². The lowest BCUT2D eigenvalue weighted by atomic mass is 9.93. The quantitative estimate of drug-likeness (QED) is 0.579. The zero-order valence-corrected chi connectivity index (χ0v) is 12.0. The van der Waals surface area contributed by atoms with Gasteiger partial charge >= 0.3 is 0 Å². The van der Waals surface area contributed by atoms with Crippen molar-refractivity contribution in [3.63, 3.8) is 0 Å². The molecule has 0 amide bonds. The maximum Gasteiger partial charge on any atom is 0.269 e. The minimum atomic E-state index is -0.426. The van der Waals surface area contributed by atoms with Gasteiger partial charge < -0.3 is 0 Å². The van der Waals surface area contributed by atoms with Crippen molar-refractivity contribution in [3.05, 3.63) is 46.1 Å². The van der Waals surface area contributed by atoms with Crippen LogP contribution in [0.2, 0.25) is 0 Å². The van der Waals surface area contributed by atoms with Gasteiger partial charge in [-0.1, -0.05) is 20.8 Å². The summed E-state index contributed by atoms with van der Waals surface area (Å²) < 4.78 is 1.62. The molecule has 7 heteroatoms. The molecule has 1 N–H and O–H groups in total. The third-order valence-corrected chi connectivity index (χ3v) is 3.28. The molecule has 0 atom stereocenters. The van der Waals surface area contributed by atoms with Gasteiger partial charge in [0.05, 0.1) is 4.92 Å². The van der Waals surface area contributed by atoms with Gasteiger partial charge in [-0.15, -0.1) is 5.10 Å². The molecule has 21 heavy (non-hydrogen) atoms. The maximum atomic E-state index is 10.6. The molecule has 0 bridgehead atoms. The highest BCUT2D eigenvalue weighted by Gasteiger charge is 2.18. The molecule has 108 valence electrons. The van der Waals surface area contributed by atoms with Crippen molar-refractivity contribution in [1.29, 1.82) is 0 Å². The summed E-state index contributed by atoms with van der Waals surface area (Å²) in [7, 11) is 0. The van der Waals surface area contributed by atoms with Crippen molar-refractivity contribution in [3.8, 4) is 11.4 Å². The monoisotopic (exact) mass is 285 g/mol. The van der Waals surface area contributed by atoms with E-state index in [9.17, 15) is 10.1 Å². The first-order valence-corrected chi connectivity index (χ1v) is 6.56. The zero-order valence-electron chi connectivity index (χ0n) is 12.0. The van der Waals surface area contributed by atoms with Gasteiger partial charge in [-0.25, -0.2) is 4.98 Å². The first kappa shape index (κ1) is 13.3. The first-order chi connectivity index (χ1) is 9.84. The summed E-state index contributed by atoms with van der Waals surface area (Å²) >= 11 is 0. The Bertz CT molecular complexity index is 777. The lowest BCUT2D eigenvalue weighted by Gasteiger charge is -2.14. The van der Waals surface area contributed by atoms with E-state index in [0.29, 0.717) is 5.82 Å². The fourth-order valence-corrected chi connectivity index (χ4v) is 2.01. The van der Waals surface area contributed by atoms with Crippen LogP contribution in [-0.4, -0.2) is 24.7 Å². The zero-order chi connectivity index (χ0) is 15.2. The molecule has 0 aliphatic heterocycles. The normalized spacial score (nSPS) is 12.0. The highest BCUT2D eigenvalue weighted by Crippen LogP contribution is 2.24. The van der Waals surface area contributed by atoms with E-state index in [-0.39, 0.29) is 11.1 Å². The Morgan fingerprint density at radius 1 is 1.24 bits per heavy atom.